The number of ether oxygens (including phenoxy) is 1. The van der Waals surface area contributed by atoms with Crippen LogP contribution in [0.2, 0.25) is 0 Å². The van der Waals surface area contributed by atoms with Gasteiger partial charge < -0.3 is 9.64 Å². The predicted octanol–water partition coefficient (Wildman–Crippen LogP) is 1.58. The van der Waals surface area contributed by atoms with Crippen molar-refractivity contribution in [3.8, 4) is 0 Å². The third-order valence-corrected chi connectivity index (χ3v) is 7.57. The minimum Gasteiger partial charge on any atom is -0.383 e. The first kappa shape index (κ1) is 24.8. The van der Waals surface area contributed by atoms with Crippen LogP contribution in [0.1, 0.15) is 5.56 Å². The van der Waals surface area contributed by atoms with Gasteiger partial charge >= 0.3 is 0 Å². The van der Waals surface area contributed by atoms with E-state index in [0.717, 1.165) is 5.69 Å². The lowest BCUT2D eigenvalue weighted by Gasteiger charge is -2.42. The summed E-state index contributed by atoms with van der Waals surface area (Å²) in [4.78, 5) is 33.5. The number of benzene rings is 2. The molecule has 2 aromatic rings. The zero-order chi connectivity index (χ0) is 25.1. The van der Waals surface area contributed by atoms with Crippen LogP contribution in [0, 0.1) is 17.7 Å². The van der Waals surface area contributed by atoms with Crippen LogP contribution in [0.3, 0.4) is 0 Å². The number of amides is 2. The molecule has 3 aliphatic heterocycles. The molecule has 5 rings (SSSR count). The minimum atomic E-state index is -0.337. The first-order valence-electron chi connectivity index (χ1n) is 12.7. The molecule has 3 saturated heterocycles. The Kier molecular flexibility index (Phi) is 7.62. The van der Waals surface area contributed by atoms with Crippen LogP contribution in [0.4, 0.5) is 10.1 Å². The van der Waals surface area contributed by atoms with Gasteiger partial charge in [-0.2, -0.15) is 0 Å². The van der Waals surface area contributed by atoms with Crippen molar-refractivity contribution in [1.82, 2.24) is 20.1 Å². The number of carbonyl (C=O) groups excluding carboxylic acids is 2. The number of likely N-dealkylation sites (tertiary alicyclic amines) is 1. The summed E-state index contributed by atoms with van der Waals surface area (Å²) < 4.78 is 19.4. The molecule has 0 aliphatic carbocycles. The fourth-order valence-electron chi connectivity index (χ4n) is 5.57. The Morgan fingerprint density at radius 2 is 1.72 bits per heavy atom. The molecule has 8 nitrogen and oxygen atoms in total. The van der Waals surface area contributed by atoms with E-state index in [0.29, 0.717) is 64.5 Å². The monoisotopic (exact) mass is 495 g/mol. The molecule has 3 heterocycles. The lowest BCUT2D eigenvalue weighted by Crippen LogP contribution is -2.60. The number of rotatable bonds is 7. The number of carbonyl (C=O) groups is 2. The molecule has 9 heteroatoms. The summed E-state index contributed by atoms with van der Waals surface area (Å²) in [7, 11) is 1.66. The number of nitrogens with one attached hydrogen (secondary N) is 1. The van der Waals surface area contributed by atoms with Crippen LogP contribution >= 0.6 is 0 Å². The Hall–Kier alpha value is -2.85. The number of hydrogen-bond acceptors (Lipinski definition) is 6. The van der Waals surface area contributed by atoms with Gasteiger partial charge in [0.05, 0.1) is 30.2 Å². The van der Waals surface area contributed by atoms with E-state index >= 15 is 0 Å². The van der Waals surface area contributed by atoms with E-state index in [2.05, 4.69) is 15.2 Å². The van der Waals surface area contributed by atoms with Crippen LogP contribution in [0.25, 0.3) is 0 Å². The normalized spacial score (nSPS) is 25.3. The van der Waals surface area contributed by atoms with Gasteiger partial charge in [0.15, 0.2) is 0 Å². The summed E-state index contributed by atoms with van der Waals surface area (Å²) in [6, 6.07) is 16.1. The van der Waals surface area contributed by atoms with E-state index in [9.17, 15) is 14.0 Å². The molecule has 2 amide bonds. The SMILES string of the molecule is COCCN1CC(C(=O)N2CCN(Cc3ccccc3F)CC2)C2NN(c3ccccc3)C(=O)C2C1. The van der Waals surface area contributed by atoms with Crippen molar-refractivity contribution in [3.05, 3.63) is 66.0 Å². The molecule has 36 heavy (non-hydrogen) atoms. The number of nitrogens with zero attached hydrogens (tertiary/aromatic N) is 4. The molecular formula is C27H34FN5O3. The second-order valence-corrected chi connectivity index (χ2v) is 9.82. The van der Waals surface area contributed by atoms with Gasteiger partial charge in [-0.05, 0) is 18.2 Å². The molecule has 0 aromatic heterocycles. The smallest absolute Gasteiger partial charge is 0.247 e. The molecule has 2 aromatic carbocycles. The third-order valence-electron chi connectivity index (χ3n) is 7.57. The maximum atomic E-state index is 14.1. The number of halogens is 1. The average Bonchev–Trinajstić information content (AvgIpc) is 3.25. The van der Waals surface area contributed by atoms with Crippen molar-refractivity contribution >= 4 is 17.5 Å². The number of anilines is 1. The lowest BCUT2D eigenvalue weighted by molar-refractivity contribution is -0.141. The number of piperidine rings is 1. The van der Waals surface area contributed by atoms with Crippen molar-refractivity contribution in [1.29, 1.82) is 0 Å². The van der Waals surface area contributed by atoms with Gasteiger partial charge in [0, 0.05) is 65.0 Å². The van der Waals surface area contributed by atoms with E-state index in [4.69, 9.17) is 4.74 Å². The molecule has 3 fully saturated rings. The third kappa shape index (κ3) is 5.15. The number of hydrogen-bond donors (Lipinski definition) is 1. The van der Waals surface area contributed by atoms with Gasteiger partial charge in [0.2, 0.25) is 11.8 Å². The summed E-state index contributed by atoms with van der Waals surface area (Å²) >= 11 is 0. The highest BCUT2D eigenvalue weighted by molar-refractivity contribution is 5.98. The van der Waals surface area contributed by atoms with E-state index in [1.807, 2.05) is 47.4 Å². The van der Waals surface area contributed by atoms with Crippen LogP contribution in [-0.2, 0) is 20.9 Å². The number of hydrazine groups is 1. The molecule has 0 radical (unpaired) electrons. The Bertz CT molecular complexity index is 1060. The average molecular weight is 496 g/mol. The standard InChI is InChI=1S/C27H34FN5O3/c1-36-16-15-31-18-22(25-23(19-31)27(35)33(29-25)21-8-3-2-4-9-21)26(34)32-13-11-30(12-14-32)17-20-7-5-6-10-24(20)28/h2-10,22-23,25,29H,11-19H2,1H3. The summed E-state index contributed by atoms with van der Waals surface area (Å²) in [6.07, 6.45) is 0. The summed E-state index contributed by atoms with van der Waals surface area (Å²) in [5.41, 5.74) is 4.84. The summed E-state index contributed by atoms with van der Waals surface area (Å²) in [5, 5.41) is 1.61. The Morgan fingerprint density at radius 1 is 1.00 bits per heavy atom. The minimum absolute atomic E-state index is 0.000763. The first-order valence-corrected chi connectivity index (χ1v) is 12.7. The zero-order valence-electron chi connectivity index (χ0n) is 20.7. The fourth-order valence-corrected chi connectivity index (χ4v) is 5.57. The molecular weight excluding hydrogens is 461 g/mol. The molecule has 3 atom stereocenters. The van der Waals surface area contributed by atoms with Crippen LogP contribution < -0.4 is 10.4 Å². The summed E-state index contributed by atoms with van der Waals surface area (Å²) in [6.45, 7) is 5.52. The van der Waals surface area contributed by atoms with Gasteiger partial charge in [0.25, 0.3) is 0 Å². The second-order valence-electron chi connectivity index (χ2n) is 9.82. The molecule has 3 aliphatic rings. The predicted molar refractivity (Wildman–Crippen MR) is 134 cm³/mol. The molecule has 192 valence electrons. The maximum absolute atomic E-state index is 14.1. The molecule has 0 saturated carbocycles. The highest BCUT2D eigenvalue weighted by Crippen LogP contribution is 2.33. The van der Waals surface area contributed by atoms with Crippen LogP contribution in [-0.4, -0.2) is 92.1 Å². The van der Waals surface area contributed by atoms with Crippen molar-refractivity contribution in [3.63, 3.8) is 0 Å². The highest BCUT2D eigenvalue weighted by Gasteiger charge is 2.51. The highest BCUT2D eigenvalue weighted by atomic mass is 19.1. The Balaban J connectivity index is 1.27. The van der Waals surface area contributed by atoms with Crippen LogP contribution in [0.5, 0.6) is 0 Å². The number of fused-ring (bicyclic) bond motifs is 1. The van der Waals surface area contributed by atoms with Gasteiger partial charge in [-0.25, -0.2) is 14.8 Å². The molecule has 0 bridgehead atoms. The molecule has 3 unspecified atom stereocenters. The van der Waals surface area contributed by atoms with E-state index in [1.165, 1.54) is 6.07 Å². The second kappa shape index (κ2) is 11.0. The fraction of sp³-hybridized carbons (Fsp3) is 0.481. The van der Waals surface area contributed by atoms with E-state index in [-0.39, 0.29) is 35.5 Å². The van der Waals surface area contributed by atoms with Gasteiger partial charge in [-0.1, -0.05) is 36.4 Å². The Labute approximate surface area is 211 Å². The van der Waals surface area contributed by atoms with E-state index in [1.54, 1.807) is 18.2 Å². The summed E-state index contributed by atoms with van der Waals surface area (Å²) in [5.74, 6) is -0.752. The van der Waals surface area contributed by atoms with Crippen LogP contribution in [0.15, 0.2) is 54.6 Å². The quantitative estimate of drug-likeness (QED) is 0.629. The molecule has 0 spiro atoms. The number of piperazine rings is 1. The van der Waals surface area contributed by atoms with Gasteiger partial charge in [-0.3, -0.25) is 19.4 Å². The Morgan fingerprint density at radius 3 is 2.44 bits per heavy atom. The zero-order valence-corrected chi connectivity index (χ0v) is 20.7. The van der Waals surface area contributed by atoms with Gasteiger partial charge in [0.1, 0.15) is 5.82 Å². The lowest BCUT2D eigenvalue weighted by atomic mass is 9.83. The number of para-hydroxylation sites is 1. The van der Waals surface area contributed by atoms with Crippen molar-refractivity contribution < 1.29 is 18.7 Å². The maximum Gasteiger partial charge on any atom is 0.247 e. The largest absolute Gasteiger partial charge is 0.383 e. The van der Waals surface area contributed by atoms with Crippen molar-refractivity contribution in [2.45, 2.75) is 12.6 Å². The molecule has 1 N–H and O–H groups in total. The topological polar surface area (TPSA) is 68.4 Å². The number of methoxy groups -OCH3 is 1. The van der Waals surface area contributed by atoms with Crippen molar-refractivity contribution in [2.75, 3.05) is 64.5 Å². The van der Waals surface area contributed by atoms with Gasteiger partial charge in [-0.15, -0.1) is 0 Å². The van der Waals surface area contributed by atoms with E-state index < -0.39 is 0 Å². The van der Waals surface area contributed by atoms with Crippen molar-refractivity contribution in [2.24, 2.45) is 11.8 Å². The first-order chi connectivity index (χ1) is 17.5.